The summed E-state index contributed by atoms with van der Waals surface area (Å²) in [6.45, 7) is 16.9. The van der Waals surface area contributed by atoms with Crippen molar-refractivity contribution in [3.63, 3.8) is 0 Å². The van der Waals surface area contributed by atoms with Crippen LogP contribution in [0.3, 0.4) is 0 Å². The van der Waals surface area contributed by atoms with Gasteiger partial charge in [0, 0.05) is 48.3 Å². The minimum Gasteiger partial charge on any atom is -0.312 e. The molecule has 4 atom stereocenters. The van der Waals surface area contributed by atoms with E-state index in [4.69, 9.17) is 0 Å². The number of likely N-dealkylation sites (tertiary alicyclic amines) is 1. The molecule has 4 nitrogen and oxygen atoms in total. The minimum atomic E-state index is 0.637. The van der Waals surface area contributed by atoms with Crippen molar-refractivity contribution in [2.75, 3.05) is 13.1 Å². The van der Waals surface area contributed by atoms with E-state index in [9.17, 15) is 0 Å². The number of rotatable bonds is 9. The first-order valence-electron chi connectivity index (χ1n) is 15.2. The second-order valence-corrected chi connectivity index (χ2v) is 14.4. The molecular formula is C30H56N4. The molecule has 0 aromatic rings. The number of fused-ring (bicyclic) bond motifs is 2. The van der Waals surface area contributed by atoms with E-state index < -0.39 is 0 Å². The molecule has 2 N–H and O–H groups in total. The van der Waals surface area contributed by atoms with Crippen LogP contribution in [0, 0.1) is 10.8 Å². The molecule has 2 spiro atoms. The first kappa shape index (κ1) is 25.5. The van der Waals surface area contributed by atoms with Crippen LogP contribution >= 0.6 is 0 Å². The standard InChI is InChI=1S/C30H56N4/c1-21(2)31-25-15-29(16-25)11-13-33(14-12-29)23(5)7-8-24(6)34-27-9-10-28(34)20-30(19-27)17-26(18-30)32-22(3)4/h21-28,31-32H,7-20H2,1-6H3. The van der Waals surface area contributed by atoms with E-state index in [1.54, 1.807) is 0 Å². The Hall–Kier alpha value is -0.160. The normalized spacial score (nSPS) is 37.9. The maximum atomic E-state index is 3.80. The lowest BCUT2D eigenvalue weighted by molar-refractivity contribution is -0.0488. The fraction of sp³-hybridized carbons (Fsp3) is 1.00. The number of hydrogen-bond acceptors (Lipinski definition) is 4. The van der Waals surface area contributed by atoms with Crippen molar-refractivity contribution >= 4 is 0 Å². The van der Waals surface area contributed by atoms with Gasteiger partial charge in [-0.3, -0.25) is 4.90 Å². The third-order valence-corrected chi connectivity index (χ3v) is 10.9. The topological polar surface area (TPSA) is 30.5 Å². The quantitative estimate of drug-likeness (QED) is 0.460. The summed E-state index contributed by atoms with van der Waals surface area (Å²) in [5, 5.41) is 7.56. The van der Waals surface area contributed by atoms with Gasteiger partial charge in [0.2, 0.25) is 0 Å². The number of nitrogens with zero attached hydrogens (tertiary/aromatic N) is 2. The Bertz CT molecular complexity index is 651. The molecule has 0 amide bonds. The highest BCUT2D eigenvalue weighted by Crippen LogP contribution is 2.56. The van der Waals surface area contributed by atoms with E-state index in [2.05, 4.69) is 62.0 Å². The minimum absolute atomic E-state index is 0.637. The third kappa shape index (κ3) is 5.27. The summed E-state index contributed by atoms with van der Waals surface area (Å²) >= 11 is 0. The van der Waals surface area contributed by atoms with Gasteiger partial charge in [0.05, 0.1) is 0 Å². The predicted octanol–water partition coefficient (Wildman–Crippen LogP) is 5.56. The van der Waals surface area contributed by atoms with Crippen molar-refractivity contribution in [3.05, 3.63) is 0 Å². The van der Waals surface area contributed by atoms with Crippen LogP contribution in [-0.4, -0.2) is 71.2 Å². The van der Waals surface area contributed by atoms with E-state index >= 15 is 0 Å². The average molecular weight is 473 g/mol. The highest BCUT2D eigenvalue weighted by atomic mass is 15.3. The molecule has 2 aliphatic carbocycles. The van der Waals surface area contributed by atoms with Crippen molar-refractivity contribution < 1.29 is 0 Å². The van der Waals surface area contributed by atoms with Gasteiger partial charge in [-0.25, -0.2) is 0 Å². The van der Waals surface area contributed by atoms with Crippen LogP contribution in [0.15, 0.2) is 0 Å². The molecule has 2 saturated carbocycles. The first-order chi connectivity index (χ1) is 16.2. The van der Waals surface area contributed by atoms with Crippen molar-refractivity contribution in [1.29, 1.82) is 0 Å². The molecule has 196 valence electrons. The lowest BCUT2D eigenvalue weighted by Crippen LogP contribution is -2.59. The van der Waals surface area contributed by atoms with Crippen LogP contribution in [0.5, 0.6) is 0 Å². The lowest BCUT2D eigenvalue weighted by atomic mass is 9.58. The SMILES string of the molecule is CC(C)NC1CC2(CCN(C(C)CCC(C)N3C4CCC3CC3(CC(NC(C)C)C3)C4)CC2)C1. The van der Waals surface area contributed by atoms with Crippen LogP contribution in [0.1, 0.15) is 119 Å². The zero-order valence-corrected chi connectivity index (χ0v) is 23.4. The summed E-state index contributed by atoms with van der Waals surface area (Å²) in [6, 6.07) is 6.15. The molecule has 4 heteroatoms. The van der Waals surface area contributed by atoms with Gasteiger partial charge in [-0.15, -0.1) is 0 Å². The van der Waals surface area contributed by atoms with E-state index in [-0.39, 0.29) is 0 Å². The lowest BCUT2D eigenvalue weighted by Gasteiger charge is -2.57. The van der Waals surface area contributed by atoms with Gasteiger partial charge in [0.15, 0.2) is 0 Å². The van der Waals surface area contributed by atoms with Gasteiger partial charge in [0.25, 0.3) is 0 Å². The van der Waals surface area contributed by atoms with Crippen LogP contribution < -0.4 is 10.6 Å². The Labute approximate surface area is 211 Å². The van der Waals surface area contributed by atoms with Gasteiger partial charge >= 0.3 is 0 Å². The van der Waals surface area contributed by atoms with Gasteiger partial charge < -0.3 is 15.5 Å². The zero-order chi connectivity index (χ0) is 24.1. The van der Waals surface area contributed by atoms with E-state index in [0.717, 1.165) is 36.3 Å². The molecule has 3 heterocycles. The number of nitrogens with one attached hydrogen (secondary N) is 2. The van der Waals surface area contributed by atoms with Crippen molar-refractivity contribution in [2.24, 2.45) is 10.8 Å². The van der Waals surface area contributed by atoms with Crippen molar-refractivity contribution in [3.8, 4) is 0 Å². The molecule has 5 rings (SSSR count). The van der Waals surface area contributed by atoms with Crippen LogP contribution in [0.25, 0.3) is 0 Å². The van der Waals surface area contributed by atoms with Crippen molar-refractivity contribution in [2.45, 2.75) is 167 Å². The highest BCUT2D eigenvalue weighted by Gasteiger charge is 2.54. The summed E-state index contributed by atoms with van der Waals surface area (Å²) in [5.41, 5.74) is 1.38. The molecule has 34 heavy (non-hydrogen) atoms. The Morgan fingerprint density at radius 2 is 1.12 bits per heavy atom. The van der Waals surface area contributed by atoms with Gasteiger partial charge in [-0.05, 0) is 115 Å². The third-order valence-electron chi connectivity index (χ3n) is 10.9. The van der Waals surface area contributed by atoms with Crippen LogP contribution in [-0.2, 0) is 0 Å². The average Bonchev–Trinajstić information content (AvgIpc) is 3.00. The smallest absolute Gasteiger partial charge is 0.0107 e. The molecule has 0 aromatic carbocycles. The molecule has 3 saturated heterocycles. The molecule has 0 aromatic heterocycles. The molecule has 0 radical (unpaired) electrons. The first-order valence-corrected chi connectivity index (χ1v) is 15.2. The maximum absolute atomic E-state index is 3.80. The monoisotopic (exact) mass is 472 g/mol. The van der Waals surface area contributed by atoms with Gasteiger partial charge in [-0.2, -0.15) is 0 Å². The van der Waals surface area contributed by atoms with Crippen LogP contribution in [0.2, 0.25) is 0 Å². The fourth-order valence-corrected chi connectivity index (χ4v) is 9.34. The Balaban J connectivity index is 1.03. The summed E-state index contributed by atoms with van der Waals surface area (Å²) in [4.78, 5) is 5.83. The Morgan fingerprint density at radius 1 is 0.647 bits per heavy atom. The predicted molar refractivity (Wildman–Crippen MR) is 144 cm³/mol. The molecule has 2 bridgehead atoms. The molecule has 4 unspecified atom stereocenters. The van der Waals surface area contributed by atoms with Crippen molar-refractivity contribution in [1.82, 2.24) is 20.4 Å². The number of hydrogen-bond donors (Lipinski definition) is 2. The van der Waals surface area contributed by atoms with Gasteiger partial charge in [-0.1, -0.05) is 27.7 Å². The summed E-state index contributed by atoms with van der Waals surface area (Å²) in [6.07, 6.45) is 17.3. The zero-order valence-electron chi connectivity index (χ0n) is 23.4. The highest BCUT2D eigenvalue weighted by molar-refractivity contribution is 5.09. The summed E-state index contributed by atoms with van der Waals surface area (Å²) < 4.78 is 0. The molecule has 5 fully saturated rings. The molecule has 3 aliphatic heterocycles. The maximum Gasteiger partial charge on any atom is 0.0107 e. The number of piperidine rings is 2. The summed E-state index contributed by atoms with van der Waals surface area (Å²) in [7, 11) is 0. The Kier molecular flexibility index (Phi) is 7.46. The van der Waals surface area contributed by atoms with E-state index in [1.165, 1.54) is 90.1 Å². The Morgan fingerprint density at radius 3 is 1.62 bits per heavy atom. The fourth-order valence-electron chi connectivity index (χ4n) is 9.34. The largest absolute Gasteiger partial charge is 0.312 e. The van der Waals surface area contributed by atoms with E-state index in [1.807, 2.05) is 0 Å². The molecule has 5 aliphatic rings. The second-order valence-electron chi connectivity index (χ2n) is 14.4. The van der Waals surface area contributed by atoms with E-state index in [0.29, 0.717) is 22.9 Å². The molecular weight excluding hydrogens is 416 g/mol. The van der Waals surface area contributed by atoms with Gasteiger partial charge in [0.1, 0.15) is 0 Å². The summed E-state index contributed by atoms with van der Waals surface area (Å²) in [5.74, 6) is 0. The second kappa shape index (κ2) is 9.95. The van der Waals surface area contributed by atoms with Crippen LogP contribution in [0.4, 0.5) is 0 Å².